The van der Waals surface area contributed by atoms with Crippen LogP contribution in [0.1, 0.15) is 34.8 Å². The summed E-state index contributed by atoms with van der Waals surface area (Å²) in [5, 5.41) is 6.57. The van der Waals surface area contributed by atoms with Crippen molar-refractivity contribution in [1.29, 1.82) is 0 Å². The minimum atomic E-state index is -0.213. The number of benzene rings is 2. The number of oxime groups is 1. The highest BCUT2D eigenvalue weighted by Crippen LogP contribution is 2.13. The van der Waals surface area contributed by atoms with Gasteiger partial charge in [-0.3, -0.25) is 9.59 Å². The van der Waals surface area contributed by atoms with Crippen molar-refractivity contribution in [1.82, 2.24) is 4.90 Å². The van der Waals surface area contributed by atoms with E-state index in [1.165, 1.54) is 7.11 Å². The largest absolute Gasteiger partial charge is 0.399 e. The first-order chi connectivity index (χ1) is 13.0. The number of hydrogen-bond donors (Lipinski definition) is 1. The molecule has 0 saturated heterocycles. The molecule has 0 aromatic heterocycles. The summed E-state index contributed by atoms with van der Waals surface area (Å²) in [5.41, 5.74) is 3.09. The number of carbonyl (C=O) groups excluding carboxylic acids is 2. The van der Waals surface area contributed by atoms with Gasteiger partial charge in [-0.05, 0) is 42.7 Å². The molecule has 0 aliphatic heterocycles. The minimum Gasteiger partial charge on any atom is -0.399 e. The lowest BCUT2D eigenvalue weighted by molar-refractivity contribution is -0.116. The van der Waals surface area contributed by atoms with Crippen LogP contribution in [-0.2, 0) is 9.63 Å². The Morgan fingerprint density at radius 1 is 1.15 bits per heavy atom. The fourth-order valence-corrected chi connectivity index (χ4v) is 2.61. The van der Waals surface area contributed by atoms with Crippen LogP contribution >= 0.6 is 0 Å². The molecule has 2 aromatic carbocycles. The second kappa shape index (κ2) is 10.1. The topological polar surface area (TPSA) is 71.0 Å². The average Bonchev–Trinajstić information content (AvgIpc) is 2.67. The van der Waals surface area contributed by atoms with Crippen LogP contribution < -0.4 is 5.32 Å². The van der Waals surface area contributed by atoms with E-state index in [1.807, 2.05) is 38.1 Å². The van der Waals surface area contributed by atoms with Crippen molar-refractivity contribution in [3.8, 4) is 0 Å². The van der Waals surface area contributed by atoms with Gasteiger partial charge in [-0.2, -0.15) is 0 Å². The molecule has 2 aromatic rings. The number of nitrogens with zero attached hydrogens (tertiary/aromatic N) is 2. The van der Waals surface area contributed by atoms with Gasteiger partial charge >= 0.3 is 0 Å². The Hall–Kier alpha value is -3.15. The molecule has 0 radical (unpaired) electrons. The first-order valence-electron chi connectivity index (χ1n) is 8.86. The molecule has 0 atom stereocenters. The van der Waals surface area contributed by atoms with Gasteiger partial charge in [0.15, 0.2) is 0 Å². The monoisotopic (exact) mass is 367 g/mol. The van der Waals surface area contributed by atoms with Crippen LogP contribution in [0.5, 0.6) is 0 Å². The van der Waals surface area contributed by atoms with Gasteiger partial charge in [0.2, 0.25) is 5.91 Å². The number of nitrogens with one attached hydrogen (secondary N) is 1. The van der Waals surface area contributed by atoms with Gasteiger partial charge < -0.3 is 15.1 Å². The van der Waals surface area contributed by atoms with E-state index in [2.05, 4.69) is 15.3 Å². The molecule has 0 fully saturated rings. The van der Waals surface area contributed by atoms with E-state index in [9.17, 15) is 9.59 Å². The number of rotatable bonds is 8. The Morgan fingerprint density at radius 2 is 1.85 bits per heavy atom. The van der Waals surface area contributed by atoms with Crippen LogP contribution in [0.4, 0.5) is 5.69 Å². The summed E-state index contributed by atoms with van der Waals surface area (Å²) in [7, 11) is 1.47. The van der Waals surface area contributed by atoms with Crippen molar-refractivity contribution < 1.29 is 14.4 Å². The summed E-state index contributed by atoms with van der Waals surface area (Å²) in [4.78, 5) is 31.4. The van der Waals surface area contributed by atoms with Crippen molar-refractivity contribution in [2.75, 3.05) is 25.5 Å². The van der Waals surface area contributed by atoms with Crippen LogP contribution in [0, 0.1) is 6.92 Å². The Morgan fingerprint density at radius 3 is 2.48 bits per heavy atom. The molecule has 0 aliphatic rings. The number of amides is 2. The highest BCUT2D eigenvalue weighted by molar-refractivity contribution is 6.00. The second-order valence-electron chi connectivity index (χ2n) is 6.13. The number of para-hydroxylation sites is 1. The van der Waals surface area contributed by atoms with E-state index >= 15 is 0 Å². The molecule has 0 unspecified atom stereocenters. The Balaban J connectivity index is 2.06. The molecule has 27 heavy (non-hydrogen) atoms. The van der Waals surface area contributed by atoms with Crippen molar-refractivity contribution >= 4 is 23.7 Å². The lowest BCUT2D eigenvalue weighted by Gasteiger charge is -2.22. The molecule has 0 bridgehead atoms. The van der Waals surface area contributed by atoms with Crippen LogP contribution in [0.2, 0.25) is 0 Å². The molecule has 2 amide bonds. The van der Waals surface area contributed by atoms with E-state index in [1.54, 1.807) is 35.4 Å². The van der Waals surface area contributed by atoms with E-state index < -0.39 is 0 Å². The number of anilines is 1. The molecule has 0 aliphatic carbocycles. The fourth-order valence-electron chi connectivity index (χ4n) is 2.61. The normalized spacial score (nSPS) is 10.6. The van der Waals surface area contributed by atoms with E-state index in [4.69, 9.17) is 0 Å². The average molecular weight is 367 g/mol. The zero-order chi connectivity index (χ0) is 19.6. The molecule has 2 rings (SSSR count). The maximum atomic E-state index is 12.8. The zero-order valence-electron chi connectivity index (χ0n) is 15.9. The summed E-state index contributed by atoms with van der Waals surface area (Å²) >= 11 is 0. The van der Waals surface area contributed by atoms with Gasteiger partial charge in [0.1, 0.15) is 13.7 Å². The van der Waals surface area contributed by atoms with Crippen LogP contribution in [0.3, 0.4) is 0 Å². The van der Waals surface area contributed by atoms with E-state index in [0.717, 1.165) is 23.2 Å². The maximum Gasteiger partial charge on any atom is 0.254 e. The van der Waals surface area contributed by atoms with Crippen LogP contribution in [0.25, 0.3) is 0 Å². The lowest BCUT2D eigenvalue weighted by atomic mass is 10.1. The number of carbonyl (C=O) groups is 2. The molecule has 1 N–H and O–H groups in total. The molecule has 142 valence electrons. The lowest BCUT2D eigenvalue weighted by Crippen LogP contribution is -2.38. The first kappa shape index (κ1) is 20.2. The van der Waals surface area contributed by atoms with Gasteiger partial charge in [0.05, 0.1) is 6.21 Å². The summed E-state index contributed by atoms with van der Waals surface area (Å²) in [6, 6.07) is 14.6. The van der Waals surface area contributed by atoms with Gasteiger partial charge in [0, 0.05) is 17.8 Å². The fraction of sp³-hybridized carbons (Fsp3) is 0.286. The standard InChI is InChI=1S/C21H25N3O3/c1-4-13-24(15-20(25)23-19-8-6-5-7-16(19)2)21(26)18-11-9-17(10-12-18)14-22-27-3/h5-12,14H,4,13,15H2,1-3H3,(H,23,25)/b22-14+. The molecule has 6 nitrogen and oxygen atoms in total. The smallest absolute Gasteiger partial charge is 0.254 e. The SMILES string of the molecule is CCCN(CC(=O)Nc1ccccc1C)C(=O)c1ccc(/C=N/OC)cc1. The van der Waals surface area contributed by atoms with Crippen molar-refractivity contribution in [2.24, 2.45) is 5.16 Å². The predicted molar refractivity (Wildman–Crippen MR) is 107 cm³/mol. The molecule has 0 heterocycles. The third-order valence-electron chi connectivity index (χ3n) is 4.00. The molecule has 0 spiro atoms. The highest BCUT2D eigenvalue weighted by atomic mass is 16.6. The third-order valence-corrected chi connectivity index (χ3v) is 4.00. The minimum absolute atomic E-state index is 0.00783. The van der Waals surface area contributed by atoms with Crippen molar-refractivity contribution in [3.63, 3.8) is 0 Å². The van der Waals surface area contributed by atoms with E-state index in [-0.39, 0.29) is 18.4 Å². The van der Waals surface area contributed by atoms with Gasteiger partial charge in [-0.25, -0.2) is 0 Å². The van der Waals surface area contributed by atoms with Crippen molar-refractivity contribution in [3.05, 3.63) is 65.2 Å². The Kier molecular flexibility index (Phi) is 7.55. The quantitative estimate of drug-likeness (QED) is 0.574. The summed E-state index contributed by atoms with van der Waals surface area (Å²) < 4.78 is 0. The van der Waals surface area contributed by atoms with Crippen molar-refractivity contribution in [2.45, 2.75) is 20.3 Å². The maximum absolute atomic E-state index is 12.8. The molecule has 6 heteroatoms. The molecular weight excluding hydrogens is 342 g/mol. The van der Waals surface area contributed by atoms with E-state index in [0.29, 0.717) is 12.1 Å². The van der Waals surface area contributed by atoms with Gasteiger partial charge in [-0.1, -0.05) is 42.4 Å². The third kappa shape index (κ3) is 5.95. The Bertz CT molecular complexity index is 801. The molecular formula is C21H25N3O3. The number of aryl methyl sites for hydroxylation is 1. The summed E-state index contributed by atoms with van der Waals surface area (Å²) in [6.45, 7) is 4.42. The summed E-state index contributed by atoms with van der Waals surface area (Å²) in [5.74, 6) is -0.387. The Labute approximate surface area is 159 Å². The van der Waals surface area contributed by atoms with Gasteiger partial charge in [0.25, 0.3) is 5.91 Å². The second-order valence-corrected chi connectivity index (χ2v) is 6.13. The molecule has 0 saturated carbocycles. The zero-order valence-corrected chi connectivity index (χ0v) is 15.9. The summed E-state index contributed by atoms with van der Waals surface area (Å²) in [6.07, 6.45) is 2.33. The number of hydrogen-bond acceptors (Lipinski definition) is 4. The van der Waals surface area contributed by atoms with Gasteiger partial charge in [-0.15, -0.1) is 0 Å². The highest BCUT2D eigenvalue weighted by Gasteiger charge is 2.18. The van der Waals surface area contributed by atoms with Crippen LogP contribution in [-0.4, -0.2) is 43.1 Å². The first-order valence-corrected chi connectivity index (χ1v) is 8.86. The predicted octanol–water partition coefficient (Wildman–Crippen LogP) is 3.47. The van der Waals surface area contributed by atoms with Crippen LogP contribution in [0.15, 0.2) is 53.7 Å².